The van der Waals surface area contributed by atoms with E-state index in [1.54, 1.807) is 32.0 Å². The molecule has 1 aromatic rings. The van der Waals surface area contributed by atoms with Crippen LogP contribution in [-0.4, -0.2) is 25.2 Å². The van der Waals surface area contributed by atoms with Gasteiger partial charge in [-0.05, 0) is 38.5 Å². The molecule has 1 N–H and O–H groups in total. The Balaban J connectivity index is 2.83. The van der Waals surface area contributed by atoms with Crippen molar-refractivity contribution in [2.24, 2.45) is 0 Å². The van der Waals surface area contributed by atoms with Crippen LogP contribution in [0.4, 0.5) is 5.69 Å². The zero-order valence-corrected chi connectivity index (χ0v) is 13.0. The number of benzene rings is 1. The maximum Gasteiger partial charge on any atom is 0.256 e. The molecule has 1 aromatic carbocycles. The Morgan fingerprint density at radius 2 is 2.14 bits per heavy atom. The number of carbonyl (C=O) groups excluding carboxylic acids is 1. The van der Waals surface area contributed by atoms with E-state index in [-0.39, 0.29) is 5.91 Å². The Kier molecular flexibility index (Phi) is 6.19. The van der Waals surface area contributed by atoms with Crippen molar-refractivity contribution < 1.29 is 14.3 Å². The van der Waals surface area contributed by atoms with Crippen molar-refractivity contribution in [3.63, 3.8) is 0 Å². The molecule has 5 heteroatoms. The smallest absolute Gasteiger partial charge is 0.256 e. The first kappa shape index (κ1) is 17.0. The van der Waals surface area contributed by atoms with Gasteiger partial charge in [0.1, 0.15) is 17.4 Å². The Morgan fingerprint density at radius 3 is 2.71 bits per heavy atom. The maximum absolute atomic E-state index is 12.0. The molecule has 0 saturated heterocycles. The summed E-state index contributed by atoms with van der Waals surface area (Å²) in [5.41, 5.74) is 0.0203. The lowest BCUT2D eigenvalue weighted by Gasteiger charge is -2.21. The van der Waals surface area contributed by atoms with Gasteiger partial charge in [-0.2, -0.15) is 5.26 Å². The Hall–Kier alpha value is -2.06. The molecule has 0 spiro atoms. The highest BCUT2D eigenvalue weighted by Crippen LogP contribution is 2.23. The third kappa shape index (κ3) is 4.76. The van der Waals surface area contributed by atoms with Gasteiger partial charge in [0.05, 0.1) is 12.2 Å². The number of nitrogens with one attached hydrogen (secondary N) is 1. The number of carbonyl (C=O) groups is 1. The molecular weight excluding hydrogens is 268 g/mol. The van der Waals surface area contributed by atoms with Gasteiger partial charge in [0.25, 0.3) is 5.91 Å². The summed E-state index contributed by atoms with van der Waals surface area (Å²) in [4.78, 5) is 12.0. The van der Waals surface area contributed by atoms with Gasteiger partial charge in [0, 0.05) is 12.8 Å². The topological polar surface area (TPSA) is 71.3 Å². The van der Waals surface area contributed by atoms with Crippen molar-refractivity contribution >= 4 is 11.6 Å². The van der Waals surface area contributed by atoms with Crippen LogP contribution < -0.4 is 10.1 Å². The molecule has 1 rings (SSSR count). The van der Waals surface area contributed by atoms with Crippen molar-refractivity contribution in [2.45, 2.75) is 39.2 Å². The van der Waals surface area contributed by atoms with Crippen LogP contribution in [0.25, 0.3) is 0 Å². The van der Waals surface area contributed by atoms with Crippen molar-refractivity contribution in [3.05, 3.63) is 23.8 Å². The Labute approximate surface area is 125 Å². The second-order valence-corrected chi connectivity index (χ2v) is 5.19. The van der Waals surface area contributed by atoms with Crippen LogP contribution in [0.2, 0.25) is 0 Å². The lowest BCUT2D eigenvalue weighted by molar-refractivity contribution is -0.133. The van der Waals surface area contributed by atoms with Gasteiger partial charge in [-0.25, -0.2) is 0 Å². The average Bonchev–Trinajstić information content (AvgIpc) is 2.48. The lowest BCUT2D eigenvalue weighted by Crippen LogP contribution is -2.38. The molecule has 0 radical (unpaired) electrons. The maximum atomic E-state index is 12.0. The minimum absolute atomic E-state index is 0.270. The summed E-state index contributed by atoms with van der Waals surface area (Å²) in [6, 6.07) is 7.10. The fourth-order valence-electron chi connectivity index (χ4n) is 1.52. The predicted molar refractivity (Wildman–Crippen MR) is 81.3 cm³/mol. The van der Waals surface area contributed by atoms with Crippen LogP contribution in [0.1, 0.15) is 39.2 Å². The highest BCUT2D eigenvalue weighted by Gasteiger charge is 2.27. The quantitative estimate of drug-likeness (QED) is 0.783. The van der Waals surface area contributed by atoms with Gasteiger partial charge < -0.3 is 14.8 Å². The van der Waals surface area contributed by atoms with E-state index in [1.807, 2.05) is 0 Å². The molecule has 0 aliphatic rings. The van der Waals surface area contributed by atoms with Gasteiger partial charge in [0.15, 0.2) is 0 Å². The molecule has 0 heterocycles. The van der Waals surface area contributed by atoms with E-state index in [1.165, 1.54) is 7.11 Å². The minimum Gasteiger partial charge on any atom is -0.492 e. The van der Waals surface area contributed by atoms with E-state index in [4.69, 9.17) is 9.47 Å². The number of nitrogens with zero attached hydrogens (tertiary/aromatic N) is 1. The largest absolute Gasteiger partial charge is 0.492 e. The molecule has 0 atom stereocenters. The number of hydrogen-bond acceptors (Lipinski definition) is 4. The van der Waals surface area contributed by atoms with Crippen LogP contribution in [0.15, 0.2) is 18.2 Å². The zero-order valence-electron chi connectivity index (χ0n) is 13.0. The van der Waals surface area contributed by atoms with Gasteiger partial charge in [-0.3, -0.25) is 4.79 Å². The normalized spacial score (nSPS) is 10.8. The van der Waals surface area contributed by atoms with Crippen LogP contribution in [0.3, 0.4) is 0 Å². The highest BCUT2D eigenvalue weighted by molar-refractivity contribution is 5.96. The fraction of sp³-hybridized carbons (Fsp3) is 0.500. The van der Waals surface area contributed by atoms with E-state index >= 15 is 0 Å². The van der Waals surface area contributed by atoms with Crippen LogP contribution in [0, 0.1) is 11.3 Å². The van der Waals surface area contributed by atoms with Gasteiger partial charge in [-0.15, -0.1) is 0 Å². The number of unbranched alkanes of at least 4 members (excludes halogenated alkanes) is 1. The average molecular weight is 290 g/mol. The molecule has 21 heavy (non-hydrogen) atoms. The van der Waals surface area contributed by atoms with Crippen LogP contribution >= 0.6 is 0 Å². The fourth-order valence-corrected chi connectivity index (χ4v) is 1.52. The van der Waals surface area contributed by atoms with Crippen molar-refractivity contribution in [1.29, 1.82) is 5.26 Å². The second-order valence-electron chi connectivity index (χ2n) is 5.19. The number of rotatable bonds is 7. The standard InChI is InChI=1S/C16H22N2O3/c1-5-6-9-21-14-8-7-13(10-12(14)11-17)18-15(19)16(2,3)20-4/h7-8,10H,5-6,9H2,1-4H3,(H,18,19). The predicted octanol–water partition coefficient (Wildman–Crippen LogP) is 3.10. The zero-order chi connectivity index (χ0) is 15.9. The molecule has 5 nitrogen and oxygen atoms in total. The van der Waals surface area contributed by atoms with Crippen LogP contribution in [-0.2, 0) is 9.53 Å². The molecule has 0 saturated carbocycles. The summed E-state index contributed by atoms with van der Waals surface area (Å²) in [6.07, 6.45) is 1.97. The van der Waals surface area contributed by atoms with Crippen LogP contribution in [0.5, 0.6) is 5.75 Å². The molecule has 1 amide bonds. The molecule has 114 valence electrons. The van der Waals surface area contributed by atoms with Crippen molar-refractivity contribution in [2.75, 3.05) is 19.0 Å². The molecule has 0 fully saturated rings. The number of methoxy groups -OCH3 is 1. The van der Waals surface area contributed by atoms with Gasteiger partial charge >= 0.3 is 0 Å². The van der Waals surface area contributed by atoms with E-state index in [0.29, 0.717) is 23.6 Å². The summed E-state index contributed by atoms with van der Waals surface area (Å²) >= 11 is 0. The number of anilines is 1. The summed E-state index contributed by atoms with van der Waals surface area (Å²) in [7, 11) is 1.48. The first-order valence-corrected chi connectivity index (χ1v) is 6.98. The second kappa shape index (κ2) is 7.65. The van der Waals surface area contributed by atoms with E-state index in [2.05, 4.69) is 18.3 Å². The lowest BCUT2D eigenvalue weighted by atomic mass is 10.1. The number of hydrogen-bond donors (Lipinski definition) is 1. The Bertz CT molecular complexity index is 533. The first-order chi connectivity index (χ1) is 9.94. The first-order valence-electron chi connectivity index (χ1n) is 6.98. The molecule has 0 aliphatic heterocycles. The molecule has 0 aliphatic carbocycles. The summed E-state index contributed by atoms with van der Waals surface area (Å²) in [5.74, 6) is 0.267. The summed E-state index contributed by atoms with van der Waals surface area (Å²) in [6.45, 7) is 6.00. The third-order valence-electron chi connectivity index (χ3n) is 3.17. The molecule has 0 bridgehead atoms. The number of amides is 1. The SMILES string of the molecule is CCCCOc1ccc(NC(=O)C(C)(C)OC)cc1C#N. The number of ether oxygens (including phenoxy) is 2. The Morgan fingerprint density at radius 1 is 1.43 bits per heavy atom. The van der Waals surface area contributed by atoms with Gasteiger partial charge in [0.2, 0.25) is 0 Å². The van der Waals surface area contributed by atoms with E-state index < -0.39 is 5.60 Å². The van der Waals surface area contributed by atoms with Gasteiger partial charge in [-0.1, -0.05) is 13.3 Å². The third-order valence-corrected chi connectivity index (χ3v) is 3.17. The van der Waals surface area contributed by atoms with E-state index in [0.717, 1.165) is 12.8 Å². The van der Waals surface area contributed by atoms with E-state index in [9.17, 15) is 10.1 Å². The monoisotopic (exact) mass is 290 g/mol. The van der Waals surface area contributed by atoms with Crippen molar-refractivity contribution in [1.82, 2.24) is 0 Å². The highest BCUT2D eigenvalue weighted by atomic mass is 16.5. The number of nitriles is 1. The van der Waals surface area contributed by atoms with Crippen molar-refractivity contribution in [3.8, 4) is 11.8 Å². The summed E-state index contributed by atoms with van der Waals surface area (Å²) < 4.78 is 10.7. The molecule has 0 unspecified atom stereocenters. The molecule has 0 aromatic heterocycles. The minimum atomic E-state index is -0.927. The molecular formula is C16H22N2O3. The summed E-state index contributed by atoms with van der Waals surface area (Å²) in [5, 5.41) is 11.9.